The van der Waals surface area contributed by atoms with Gasteiger partial charge >= 0.3 is 8.56 Å². The lowest BCUT2D eigenvalue weighted by atomic mass is 10.3. The van der Waals surface area contributed by atoms with Crippen LogP contribution in [0.4, 0.5) is 0 Å². The summed E-state index contributed by atoms with van der Waals surface area (Å²) >= 11 is 0. The number of carbonyl (C=O) groups is 1. The zero-order valence-electron chi connectivity index (χ0n) is 9.84. The van der Waals surface area contributed by atoms with Crippen LogP contribution < -0.4 is 5.73 Å². The summed E-state index contributed by atoms with van der Waals surface area (Å²) in [6.07, 6.45) is 1.73. The van der Waals surface area contributed by atoms with E-state index in [1.807, 2.05) is 0 Å². The van der Waals surface area contributed by atoms with Gasteiger partial charge in [-0.1, -0.05) is 6.58 Å². The highest BCUT2D eigenvalue weighted by atomic mass is 28.4. The van der Waals surface area contributed by atoms with Crippen LogP contribution in [0.1, 0.15) is 19.8 Å². The Bertz CT molecular complexity index is 227. The largest absolute Gasteiger partial charge is 0.415 e. The molecule has 0 unspecified atom stereocenters. The highest BCUT2D eigenvalue weighted by Crippen LogP contribution is 2.19. The van der Waals surface area contributed by atoms with Gasteiger partial charge < -0.3 is 14.6 Å². The van der Waals surface area contributed by atoms with E-state index in [0.717, 1.165) is 12.8 Å². The second kappa shape index (κ2) is 6.89. The van der Waals surface area contributed by atoms with Crippen LogP contribution in [0.5, 0.6) is 0 Å². The predicted molar refractivity (Wildman–Crippen MR) is 62.7 cm³/mol. The second-order valence-electron chi connectivity index (χ2n) is 3.52. The summed E-state index contributed by atoms with van der Waals surface area (Å²) in [5, 5.41) is -0.0653. The molecule has 0 radical (unpaired) electrons. The van der Waals surface area contributed by atoms with Crippen molar-refractivity contribution in [2.75, 3.05) is 20.8 Å². The molecule has 0 fully saturated rings. The van der Waals surface area contributed by atoms with E-state index in [2.05, 4.69) is 6.58 Å². The highest BCUT2D eigenvalue weighted by Gasteiger charge is 2.44. The molecule has 0 aromatic heterocycles. The molecule has 0 spiro atoms. The summed E-state index contributed by atoms with van der Waals surface area (Å²) < 4.78 is 10.6. The van der Waals surface area contributed by atoms with E-state index in [4.69, 9.17) is 14.6 Å². The van der Waals surface area contributed by atoms with Gasteiger partial charge in [0.1, 0.15) is 0 Å². The summed E-state index contributed by atoms with van der Waals surface area (Å²) in [6, 6.07) is 0.642. The second-order valence-corrected chi connectivity index (χ2v) is 6.79. The fourth-order valence-corrected chi connectivity index (χ4v) is 3.95. The van der Waals surface area contributed by atoms with Crippen molar-refractivity contribution in [2.45, 2.75) is 25.8 Å². The van der Waals surface area contributed by atoms with Crippen LogP contribution in [0.25, 0.3) is 0 Å². The van der Waals surface area contributed by atoms with Crippen molar-refractivity contribution in [2.24, 2.45) is 5.73 Å². The first-order chi connectivity index (χ1) is 7.04. The van der Waals surface area contributed by atoms with Gasteiger partial charge in [-0.3, -0.25) is 4.79 Å². The Hall–Kier alpha value is -0.493. The molecular formula is C10H21NO3Si. The molecular weight excluding hydrogens is 210 g/mol. The maximum absolute atomic E-state index is 11.9. The number of carbonyl (C=O) groups excluding carboxylic acids is 1. The predicted octanol–water partition coefficient (Wildman–Crippen LogP) is 1.14. The van der Waals surface area contributed by atoms with Crippen LogP contribution in [0.2, 0.25) is 6.04 Å². The standard InChI is InChI=1S/C10H21NO3Si/c1-9(2)10(12)15(13-3,14-4)8-6-5-7-11/h1,5-8,11H2,2-4H3. The van der Waals surface area contributed by atoms with Gasteiger partial charge in [0.25, 0.3) is 0 Å². The van der Waals surface area contributed by atoms with E-state index in [1.54, 1.807) is 6.92 Å². The maximum atomic E-state index is 11.9. The Morgan fingerprint density at radius 2 is 1.87 bits per heavy atom. The van der Waals surface area contributed by atoms with Crippen LogP contribution in [0.3, 0.4) is 0 Å². The Labute approximate surface area is 92.7 Å². The zero-order chi connectivity index (χ0) is 11.9. The summed E-state index contributed by atoms with van der Waals surface area (Å²) in [7, 11) is 0.312. The fourth-order valence-electron chi connectivity index (χ4n) is 1.41. The van der Waals surface area contributed by atoms with Gasteiger partial charge in [0, 0.05) is 14.2 Å². The summed E-state index contributed by atoms with van der Waals surface area (Å²) in [4.78, 5) is 11.9. The van der Waals surface area contributed by atoms with Crippen molar-refractivity contribution in [3.63, 3.8) is 0 Å². The number of rotatable bonds is 8. The minimum absolute atomic E-state index is 0.0653. The molecule has 0 aliphatic carbocycles. The molecule has 5 heteroatoms. The molecule has 0 aliphatic rings. The Balaban J connectivity index is 4.57. The average molecular weight is 231 g/mol. The lowest BCUT2D eigenvalue weighted by molar-refractivity contribution is -0.112. The molecule has 4 nitrogen and oxygen atoms in total. The smallest absolute Gasteiger partial charge is 0.392 e. The van der Waals surface area contributed by atoms with Crippen LogP contribution in [0.15, 0.2) is 12.2 Å². The third kappa shape index (κ3) is 3.87. The van der Waals surface area contributed by atoms with Crippen molar-refractivity contribution >= 4 is 14.0 Å². The van der Waals surface area contributed by atoms with E-state index in [-0.39, 0.29) is 5.41 Å². The van der Waals surface area contributed by atoms with E-state index in [0.29, 0.717) is 18.2 Å². The molecule has 0 heterocycles. The van der Waals surface area contributed by atoms with Crippen molar-refractivity contribution in [1.82, 2.24) is 0 Å². The number of nitrogens with two attached hydrogens (primary N) is 1. The highest BCUT2D eigenvalue weighted by molar-refractivity contribution is 6.99. The molecule has 0 saturated heterocycles. The Kier molecular flexibility index (Phi) is 6.67. The van der Waals surface area contributed by atoms with Crippen LogP contribution in [-0.2, 0) is 13.6 Å². The van der Waals surface area contributed by atoms with E-state index < -0.39 is 8.56 Å². The summed E-state index contributed by atoms with van der Waals surface area (Å²) in [5.41, 5.74) is 5.91. The quantitative estimate of drug-likeness (QED) is 0.387. The molecule has 0 aromatic carbocycles. The number of unbranched alkanes of at least 4 members (excludes halogenated alkanes) is 1. The summed E-state index contributed by atoms with van der Waals surface area (Å²) in [6.45, 7) is 5.96. The van der Waals surface area contributed by atoms with E-state index >= 15 is 0 Å². The molecule has 0 atom stereocenters. The normalized spacial score (nSPS) is 11.5. The lowest BCUT2D eigenvalue weighted by Crippen LogP contribution is -2.49. The third-order valence-electron chi connectivity index (χ3n) is 2.35. The minimum atomic E-state index is -2.74. The number of allylic oxidation sites excluding steroid dienone is 1. The number of hydrogen-bond acceptors (Lipinski definition) is 4. The molecule has 0 saturated carbocycles. The van der Waals surface area contributed by atoms with Gasteiger partial charge in [-0.2, -0.15) is 0 Å². The molecule has 0 aromatic rings. The van der Waals surface area contributed by atoms with Gasteiger partial charge in [-0.25, -0.2) is 0 Å². The van der Waals surface area contributed by atoms with Crippen molar-refractivity contribution in [1.29, 1.82) is 0 Å². The first-order valence-electron chi connectivity index (χ1n) is 5.04. The Morgan fingerprint density at radius 1 is 1.33 bits per heavy atom. The Morgan fingerprint density at radius 3 is 2.20 bits per heavy atom. The van der Waals surface area contributed by atoms with Crippen molar-refractivity contribution < 1.29 is 13.6 Å². The van der Waals surface area contributed by atoms with Crippen LogP contribution in [-0.4, -0.2) is 34.7 Å². The monoisotopic (exact) mass is 231 g/mol. The zero-order valence-corrected chi connectivity index (χ0v) is 10.8. The first-order valence-corrected chi connectivity index (χ1v) is 7.07. The third-order valence-corrected chi connectivity index (χ3v) is 5.80. The first kappa shape index (κ1) is 14.5. The molecule has 0 bridgehead atoms. The maximum Gasteiger partial charge on any atom is 0.415 e. The van der Waals surface area contributed by atoms with Gasteiger partial charge in [-0.15, -0.1) is 0 Å². The SMILES string of the molecule is C=C(C)C(=O)[Si](CCCCN)(OC)OC. The molecule has 0 rings (SSSR count). The van der Waals surface area contributed by atoms with Gasteiger partial charge in [0.05, 0.1) is 0 Å². The molecule has 2 N–H and O–H groups in total. The molecule has 88 valence electrons. The van der Waals surface area contributed by atoms with Gasteiger partial charge in [0.15, 0.2) is 5.41 Å². The van der Waals surface area contributed by atoms with Crippen molar-refractivity contribution in [3.8, 4) is 0 Å². The lowest BCUT2D eigenvalue weighted by Gasteiger charge is -2.25. The van der Waals surface area contributed by atoms with Gasteiger partial charge in [0.2, 0.25) is 0 Å². The van der Waals surface area contributed by atoms with Crippen LogP contribution in [0, 0.1) is 0 Å². The minimum Gasteiger partial charge on any atom is -0.392 e. The molecule has 0 amide bonds. The van der Waals surface area contributed by atoms with Crippen LogP contribution >= 0.6 is 0 Å². The van der Waals surface area contributed by atoms with Gasteiger partial charge in [-0.05, 0) is 37.9 Å². The summed E-state index contributed by atoms with van der Waals surface area (Å²) in [5.74, 6) is 0. The molecule has 15 heavy (non-hydrogen) atoms. The van der Waals surface area contributed by atoms with E-state index in [1.165, 1.54) is 14.2 Å². The molecule has 0 aliphatic heterocycles. The fraction of sp³-hybridized carbons (Fsp3) is 0.700. The average Bonchev–Trinajstić information content (AvgIpc) is 2.24. The van der Waals surface area contributed by atoms with Crippen molar-refractivity contribution in [3.05, 3.63) is 12.2 Å². The topological polar surface area (TPSA) is 61.6 Å². The number of hydrogen-bond donors (Lipinski definition) is 1. The van der Waals surface area contributed by atoms with E-state index in [9.17, 15) is 4.79 Å².